The largest absolute Gasteiger partial charge is 0.394 e. The van der Waals surface area contributed by atoms with E-state index in [1.54, 1.807) is 6.07 Å². The van der Waals surface area contributed by atoms with Crippen molar-refractivity contribution >= 4 is 15.9 Å². The minimum Gasteiger partial charge on any atom is -0.394 e. The molecule has 0 heterocycles. The molecule has 2 N–H and O–H groups in total. The number of aliphatic hydroxyl groups is 1. The number of benzene rings is 1. The molecule has 1 atom stereocenters. The molecule has 102 valence electrons. The Labute approximate surface area is 116 Å². The van der Waals surface area contributed by atoms with Crippen molar-refractivity contribution in [2.45, 2.75) is 12.5 Å². The second-order valence-electron chi connectivity index (χ2n) is 4.84. The number of likely N-dealkylation sites (N-methyl/N-ethyl adjacent to an activating group) is 1. The number of hydrogen-bond donors (Lipinski definition) is 2. The van der Waals surface area contributed by atoms with E-state index in [1.165, 1.54) is 12.1 Å². The molecule has 18 heavy (non-hydrogen) atoms. The first-order valence-electron chi connectivity index (χ1n) is 5.85. The molecule has 0 aliphatic carbocycles. The van der Waals surface area contributed by atoms with Crippen LogP contribution in [0.4, 0.5) is 4.39 Å². The van der Waals surface area contributed by atoms with Crippen LogP contribution >= 0.6 is 15.9 Å². The second kappa shape index (κ2) is 6.61. The van der Waals surface area contributed by atoms with Crippen molar-refractivity contribution in [3.05, 3.63) is 34.1 Å². The zero-order chi connectivity index (χ0) is 13.8. The van der Waals surface area contributed by atoms with Crippen LogP contribution < -0.4 is 5.32 Å². The van der Waals surface area contributed by atoms with Crippen LogP contribution in [0.2, 0.25) is 0 Å². The lowest BCUT2D eigenvalue weighted by atomic mass is 9.93. The molecular weight excluding hydrogens is 299 g/mol. The molecular formula is C13H20BrFN2O. The Hall–Kier alpha value is -0.490. The standard InChI is InChI=1S/C13H20BrFN2O/c1-13(9-18,16-6-7-17(2)3)11-5-4-10(15)8-12(11)14/h4-5,8,16,18H,6-7,9H2,1-3H3. The van der Waals surface area contributed by atoms with E-state index >= 15 is 0 Å². The van der Waals surface area contributed by atoms with Crippen molar-refractivity contribution in [3.8, 4) is 0 Å². The summed E-state index contributed by atoms with van der Waals surface area (Å²) in [6.07, 6.45) is 0. The molecule has 0 bridgehead atoms. The molecule has 0 saturated heterocycles. The topological polar surface area (TPSA) is 35.5 Å². The van der Waals surface area contributed by atoms with Crippen LogP contribution in [0.1, 0.15) is 12.5 Å². The molecule has 0 spiro atoms. The van der Waals surface area contributed by atoms with Gasteiger partial charge in [-0.05, 0) is 38.7 Å². The Bertz CT molecular complexity index is 401. The number of halogens is 2. The lowest BCUT2D eigenvalue weighted by Crippen LogP contribution is -2.45. The number of nitrogens with zero attached hydrogens (tertiary/aromatic N) is 1. The molecule has 1 rings (SSSR count). The fourth-order valence-electron chi connectivity index (χ4n) is 1.73. The van der Waals surface area contributed by atoms with Crippen LogP contribution in [0, 0.1) is 5.82 Å². The molecule has 0 radical (unpaired) electrons. The van der Waals surface area contributed by atoms with Gasteiger partial charge < -0.3 is 15.3 Å². The highest BCUT2D eigenvalue weighted by molar-refractivity contribution is 9.10. The van der Waals surface area contributed by atoms with Crippen molar-refractivity contribution in [3.63, 3.8) is 0 Å². The van der Waals surface area contributed by atoms with Gasteiger partial charge in [-0.1, -0.05) is 22.0 Å². The summed E-state index contributed by atoms with van der Waals surface area (Å²) in [6.45, 7) is 3.47. The van der Waals surface area contributed by atoms with Crippen molar-refractivity contribution in [2.75, 3.05) is 33.8 Å². The van der Waals surface area contributed by atoms with Crippen molar-refractivity contribution in [1.82, 2.24) is 10.2 Å². The summed E-state index contributed by atoms with van der Waals surface area (Å²) in [5, 5.41) is 12.9. The molecule has 0 aliphatic rings. The average molecular weight is 319 g/mol. The average Bonchev–Trinajstić information content (AvgIpc) is 2.28. The van der Waals surface area contributed by atoms with Crippen molar-refractivity contribution < 1.29 is 9.50 Å². The van der Waals surface area contributed by atoms with Gasteiger partial charge in [-0.3, -0.25) is 0 Å². The molecule has 0 aliphatic heterocycles. The summed E-state index contributed by atoms with van der Waals surface area (Å²) < 4.78 is 13.7. The molecule has 1 unspecified atom stereocenters. The molecule has 0 fully saturated rings. The molecule has 0 saturated carbocycles. The Balaban J connectivity index is 2.85. The van der Waals surface area contributed by atoms with Gasteiger partial charge in [0.25, 0.3) is 0 Å². The van der Waals surface area contributed by atoms with E-state index in [4.69, 9.17) is 0 Å². The van der Waals surface area contributed by atoms with E-state index < -0.39 is 5.54 Å². The van der Waals surface area contributed by atoms with Gasteiger partial charge >= 0.3 is 0 Å². The molecule has 5 heteroatoms. The predicted molar refractivity (Wildman–Crippen MR) is 75.1 cm³/mol. The summed E-state index contributed by atoms with van der Waals surface area (Å²) in [5.74, 6) is -0.292. The summed E-state index contributed by atoms with van der Waals surface area (Å²) in [7, 11) is 3.98. The van der Waals surface area contributed by atoms with E-state index in [1.807, 2.05) is 21.0 Å². The summed E-state index contributed by atoms with van der Waals surface area (Å²) in [4.78, 5) is 2.06. The number of nitrogens with one attached hydrogen (secondary N) is 1. The van der Waals surface area contributed by atoms with Gasteiger partial charge in [0.1, 0.15) is 5.82 Å². The van der Waals surface area contributed by atoms with Crippen LogP contribution in [0.25, 0.3) is 0 Å². The zero-order valence-electron chi connectivity index (χ0n) is 11.0. The van der Waals surface area contributed by atoms with Gasteiger partial charge in [0, 0.05) is 17.6 Å². The fourth-order valence-corrected chi connectivity index (χ4v) is 2.52. The normalized spacial score (nSPS) is 14.8. The second-order valence-corrected chi connectivity index (χ2v) is 5.70. The van der Waals surface area contributed by atoms with E-state index in [0.29, 0.717) is 4.47 Å². The van der Waals surface area contributed by atoms with Gasteiger partial charge in [0.15, 0.2) is 0 Å². The SMILES string of the molecule is CN(C)CCNC(C)(CO)c1ccc(F)cc1Br. The van der Waals surface area contributed by atoms with Gasteiger partial charge in [0.05, 0.1) is 12.1 Å². The Morgan fingerprint density at radius 2 is 2.11 bits per heavy atom. The molecule has 3 nitrogen and oxygen atoms in total. The maximum Gasteiger partial charge on any atom is 0.124 e. The molecule has 0 aromatic heterocycles. The predicted octanol–water partition coefficient (Wildman–Crippen LogP) is 1.95. The van der Waals surface area contributed by atoms with E-state index in [2.05, 4.69) is 26.1 Å². The van der Waals surface area contributed by atoms with Crippen LogP contribution in [-0.2, 0) is 5.54 Å². The van der Waals surface area contributed by atoms with Gasteiger partial charge in [0.2, 0.25) is 0 Å². The fraction of sp³-hybridized carbons (Fsp3) is 0.538. The monoisotopic (exact) mass is 318 g/mol. The first-order chi connectivity index (χ1) is 8.39. The van der Waals surface area contributed by atoms with E-state index in [-0.39, 0.29) is 12.4 Å². The quantitative estimate of drug-likeness (QED) is 0.841. The van der Waals surface area contributed by atoms with Crippen LogP contribution in [0.15, 0.2) is 22.7 Å². The molecule has 0 amide bonds. The first kappa shape index (κ1) is 15.6. The summed E-state index contributed by atoms with van der Waals surface area (Å²) in [6, 6.07) is 4.51. The third kappa shape index (κ3) is 4.02. The summed E-state index contributed by atoms with van der Waals surface area (Å²) in [5.41, 5.74) is 0.271. The minimum absolute atomic E-state index is 0.0509. The first-order valence-corrected chi connectivity index (χ1v) is 6.64. The van der Waals surface area contributed by atoms with E-state index in [0.717, 1.165) is 18.7 Å². The highest BCUT2D eigenvalue weighted by atomic mass is 79.9. The lowest BCUT2D eigenvalue weighted by molar-refractivity contribution is 0.171. The lowest BCUT2D eigenvalue weighted by Gasteiger charge is -2.31. The minimum atomic E-state index is -0.581. The van der Waals surface area contributed by atoms with Crippen molar-refractivity contribution in [2.24, 2.45) is 0 Å². The Morgan fingerprint density at radius 1 is 1.44 bits per heavy atom. The number of aliphatic hydroxyl groups excluding tert-OH is 1. The Morgan fingerprint density at radius 3 is 2.61 bits per heavy atom. The number of hydrogen-bond acceptors (Lipinski definition) is 3. The van der Waals surface area contributed by atoms with E-state index in [9.17, 15) is 9.50 Å². The third-order valence-electron chi connectivity index (χ3n) is 2.92. The highest BCUT2D eigenvalue weighted by Gasteiger charge is 2.27. The van der Waals surface area contributed by atoms with Crippen LogP contribution in [0.3, 0.4) is 0 Å². The molecule has 1 aromatic carbocycles. The Kier molecular flexibility index (Phi) is 5.72. The van der Waals surface area contributed by atoms with Crippen LogP contribution in [0.5, 0.6) is 0 Å². The van der Waals surface area contributed by atoms with Crippen LogP contribution in [-0.4, -0.2) is 43.8 Å². The van der Waals surface area contributed by atoms with Gasteiger partial charge in [-0.25, -0.2) is 4.39 Å². The number of rotatable bonds is 6. The smallest absolute Gasteiger partial charge is 0.124 e. The van der Waals surface area contributed by atoms with Gasteiger partial charge in [-0.15, -0.1) is 0 Å². The molecule has 1 aromatic rings. The van der Waals surface area contributed by atoms with Crippen molar-refractivity contribution in [1.29, 1.82) is 0 Å². The van der Waals surface area contributed by atoms with Gasteiger partial charge in [-0.2, -0.15) is 0 Å². The zero-order valence-corrected chi connectivity index (χ0v) is 12.6. The third-order valence-corrected chi connectivity index (χ3v) is 3.57. The maximum atomic E-state index is 13.1. The maximum absolute atomic E-state index is 13.1. The highest BCUT2D eigenvalue weighted by Crippen LogP contribution is 2.28. The summed E-state index contributed by atoms with van der Waals surface area (Å²) >= 11 is 3.34.